The number of pyridine rings is 1. The summed E-state index contributed by atoms with van der Waals surface area (Å²) in [5, 5.41) is 0. The lowest BCUT2D eigenvalue weighted by atomic mass is 10.5. The maximum absolute atomic E-state index is 12.0. The van der Waals surface area contributed by atoms with E-state index in [1.807, 2.05) is 0 Å². The van der Waals surface area contributed by atoms with Gasteiger partial charge in [-0.1, -0.05) is 18.3 Å². The molecule has 9 heteroatoms. The van der Waals surface area contributed by atoms with Crippen LogP contribution in [0.3, 0.4) is 0 Å². The van der Waals surface area contributed by atoms with Crippen LogP contribution in [0.15, 0.2) is 41.0 Å². The molecule has 0 aromatic carbocycles. The number of sulfonamides is 1. The van der Waals surface area contributed by atoms with Crippen LogP contribution in [0.5, 0.6) is 0 Å². The van der Waals surface area contributed by atoms with Crippen molar-refractivity contribution in [1.82, 2.24) is 15.1 Å². The minimum atomic E-state index is -3.83. The second kappa shape index (κ2) is 6.28. The number of hydrogen-bond donors (Lipinski definition) is 4. The number of nitrogens with zero attached hydrogens (tertiary/aromatic N) is 1. The van der Waals surface area contributed by atoms with Crippen LogP contribution in [0.1, 0.15) is 0 Å². The summed E-state index contributed by atoms with van der Waals surface area (Å²) in [6, 6.07) is 1.47. The summed E-state index contributed by atoms with van der Waals surface area (Å²) in [6.45, 7) is 3.69. The molecule has 0 aliphatic carbocycles. The summed E-state index contributed by atoms with van der Waals surface area (Å²) < 4.78 is 26.4. The van der Waals surface area contributed by atoms with E-state index in [0.717, 1.165) is 0 Å². The van der Waals surface area contributed by atoms with Gasteiger partial charge in [0.15, 0.2) is 0 Å². The molecule has 0 aliphatic heterocycles. The van der Waals surface area contributed by atoms with Crippen LogP contribution in [0.4, 0.5) is 0 Å². The molecule has 0 aliphatic rings. The van der Waals surface area contributed by atoms with E-state index >= 15 is 0 Å². The fraction of sp³-hybridized carbons (Fsp3) is 0.111. The van der Waals surface area contributed by atoms with Crippen molar-refractivity contribution >= 4 is 28.2 Å². The number of hydrazine groups is 1. The van der Waals surface area contributed by atoms with Crippen LogP contribution in [0, 0.1) is 4.51 Å². The molecule has 0 saturated heterocycles. The van der Waals surface area contributed by atoms with Crippen molar-refractivity contribution in [2.24, 2.45) is 10.8 Å². The quantitative estimate of drug-likeness (QED) is 0.156. The Morgan fingerprint density at radius 2 is 2.39 bits per heavy atom. The number of aromatic nitrogens is 1. The van der Waals surface area contributed by atoms with Crippen molar-refractivity contribution in [3.8, 4) is 0 Å². The zero-order chi connectivity index (χ0) is 13.6. The van der Waals surface area contributed by atoms with Gasteiger partial charge < -0.3 is 4.98 Å². The molecular formula is C9H13N5O2S2. The van der Waals surface area contributed by atoms with Crippen molar-refractivity contribution in [2.75, 3.05) is 6.54 Å². The topological polar surface area (TPSA) is 112 Å². The summed E-state index contributed by atoms with van der Waals surface area (Å²) in [7, 11) is -3.83. The van der Waals surface area contributed by atoms with Crippen LogP contribution in [-0.2, 0) is 10.0 Å². The third kappa shape index (κ3) is 3.65. The summed E-state index contributed by atoms with van der Waals surface area (Å²) in [5.41, 5.74) is 2.15. The molecule has 0 spiro atoms. The maximum atomic E-state index is 12.0. The van der Waals surface area contributed by atoms with E-state index in [9.17, 15) is 8.42 Å². The summed E-state index contributed by atoms with van der Waals surface area (Å²) in [6.07, 6.45) is 4.32. The highest BCUT2D eigenvalue weighted by Gasteiger charge is 2.17. The smallest absolute Gasteiger partial charge is 0.267 e. The molecule has 0 amide bonds. The van der Waals surface area contributed by atoms with Gasteiger partial charge in [0.25, 0.3) is 10.0 Å². The van der Waals surface area contributed by atoms with Gasteiger partial charge in [0, 0.05) is 12.4 Å². The molecule has 0 bridgehead atoms. The molecule has 1 aromatic heterocycles. The highest BCUT2D eigenvalue weighted by Crippen LogP contribution is 2.08. The fourth-order valence-electron chi connectivity index (χ4n) is 1.06. The Bertz CT molecular complexity index is 605. The van der Waals surface area contributed by atoms with Gasteiger partial charge in [-0.15, -0.1) is 6.58 Å². The highest BCUT2D eigenvalue weighted by atomic mass is 32.2. The first-order chi connectivity index (χ1) is 8.51. The van der Waals surface area contributed by atoms with Gasteiger partial charge >= 0.3 is 0 Å². The number of aliphatic imine (C=N–C) groups is 1. The monoisotopic (exact) mass is 287 g/mol. The van der Waals surface area contributed by atoms with E-state index in [1.165, 1.54) is 24.5 Å². The molecule has 1 rings (SSSR count). The van der Waals surface area contributed by atoms with Crippen LogP contribution in [0.25, 0.3) is 0 Å². The van der Waals surface area contributed by atoms with Gasteiger partial charge in [-0.2, -0.15) is 0 Å². The van der Waals surface area contributed by atoms with Crippen molar-refractivity contribution in [3.05, 3.63) is 35.6 Å². The van der Waals surface area contributed by atoms with E-state index in [4.69, 9.17) is 18.1 Å². The Morgan fingerprint density at radius 1 is 1.67 bits per heavy atom. The van der Waals surface area contributed by atoms with Crippen molar-refractivity contribution in [2.45, 2.75) is 4.90 Å². The number of H-pyrrole nitrogens is 1. The molecule has 0 unspecified atom stereocenters. The zero-order valence-corrected chi connectivity index (χ0v) is 11.0. The van der Waals surface area contributed by atoms with Gasteiger partial charge in [-0.25, -0.2) is 24.0 Å². The van der Waals surface area contributed by atoms with Crippen LogP contribution >= 0.6 is 12.2 Å². The first-order valence-corrected chi connectivity index (χ1v) is 6.72. The standard InChI is InChI=1S/C9H13N5O2S2/c1-2-4-12-9(13-10)14-18(15,16)8-6-11-5-3-7(8)17/h2-3,5-6H,1,4,10H2,(H,11,17)(H2,12,13,14). The van der Waals surface area contributed by atoms with E-state index in [1.54, 1.807) is 0 Å². The molecule has 18 heavy (non-hydrogen) atoms. The second-order valence-electron chi connectivity index (χ2n) is 3.10. The first kappa shape index (κ1) is 14.4. The predicted molar refractivity (Wildman–Crippen MR) is 71.8 cm³/mol. The first-order valence-electron chi connectivity index (χ1n) is 4.83. The van der Waals surface area contributed by atoms with E-state index in [2.05, 4.69) is 26.7 Å². The van der Waals surface area contributed by atoms with E-state index < -0.39 is 10.0 Å². The molecule has 0 saturated carbocycles. The van der Waals surface area contributed by atoms with Crippen molar-refractivity contribution in [1.29, 1.82) is 0 Å². The van der Waals surface area contributed by atoms with Gasteiger partial charge in [-0.3, -0.25) is 5.43 Å². The minimum absolute atomic E-state index is 0.0541. The fourth-order valence-corrected chi connectivity index (χ4v) is 2.56. The third-order valence-electron chi connectivity index (χ3n) is 1.82. The number of aromatic amines is 1. The Morgan fingerprint density at radius 3 is 2.94 bits per heavy atom. The highest BCUT2D eigenvalue weighted by molar-refractivity contribution is 7.90. The van der Waals surface area contributed by atoms with Crippen LogP contribution in [0.2, 0.25) is 0 Å². The second-order valence-corrected chi connectivity index (χ2v) is 5.19. The summed E-state index contributed by atoms with van der Waals surface area (Å²) in [4.78, 5) is 6.42. The zero-order valence-electron chi connectivity index (χ0n) is 9.38. The Labute approximate surface area is 110 Å². The van der Waals surface area contributed by atoms with Crippen molar-refractivity contribution in [3.63, 3.8) is 0 Å². The Balaban J connectivity index is 3.06. The summed E-state index contributed by atoms with van der Waals surface area (Å²) >= 11 is 4.93. The van der Waals surface area contributed by atoms with Gasteiger partial charge in [0.1, 0.15) is 4.90 Å². The number of nitrogens with two attached hydrogens (primary N) is 1. The molecule has 5 N–H and O–H groups in total. The van der Waals surface area contributed by atoms with E-state index in [-0.39, 0.29) is 21.9 Å². The average molecular weight is 287 g/mol. The number of guanidine groups is 1. The normalized spacial score (nSPS) is 11.9. The third-order valence-corrected chi connectivity index (χ3v) is 3.69. The lowest BCUT2D eigenvalue weighted by molar-refractivity contribution is 0.590. The van der Waals surface area contributed by atoms with Gasteiger partial charge in [0.2, 0.25) is 5.96 Å². The van der Waals surface area contributed by atoms with Gasteiger partial charge in [0.05, 0.1) is 11.1 Å². The maximum Gasteiger partial charge on any atom is 0.267 e. The molecule has 98 valence electrons. The number of nitrogens with one attached hydrogen (secondary N) is 3. The average Bonchev–Trinajstić information content (AvgIpc) is 2.34. The molecule has 1 heterocycles. The molecule has 1 aromatic rings. The minimum Gasteiger partial charge on any atom is -0.366 e. The molecule has 0 fully saturated rings. The van der Waals surface area contributed by atoms with Crippen molar-refractivity contribution < 1.29 is 8.42 Å². The summed E-state index contributed by atoms with van der Waals surface area (Å²) in [5.74, 6) is 5.07. The SMILES string of the molecule is C=CCN=C(NN)NS(=O)(=O)c1c[nH]ccc1=S. The molecule has 0 radical (unpaired) electrons. The van der Waals surface area contributed by atoms with Crippen LogP contribution < -0.4 is 16.0 Å². The largest absolute Gasteiger partial charge is 0.366 e. The molecule has 7 nitrogen and oxygen atoms in total. The molecule has 0 atom stereocenters. The predicted octanol–water partition coefficient (Wildman–Crippen LogP) is 0.0278. The lowest BCUT2D eigenvalue weighted by Gasteiger charge is -2.09. The van der Waals surface area contributed by atoms with Gasteiger partial charge in [-0.05, 0) is 6.07 Å². The van der Waals surface area contributed by atoms with E-state index in [0.29, 0.717) is 0 Å². The number of hydrogen-bond acceptors (Lipinski definition) is 5. The number of rotatable bonds is 4. The molecular weight excluding hydrogens is 274 g/mol. The Hall–Kier alpha value is -1.71. The van der Waals surface area contributed by atoms with Crippen LogP contribution in [-0.4, -0.2) is 25.9 Å². The Kier molecular flexibility index (Phi) is 5.01. The lowest BCUT2D eigenvalue weighted by Crippen LogP contribution is -2.44.